The molecule has 300 valence electrons. The summed E-state index contributed by atoms with van der Waals surface area (Å²) in [5.41, 5.74) is 7.49. The van der Waals surface area contributed by atoms with Crippen LogP contribution in [0.15, 0.2) is 190 Å². The second-order valence-corrected chi connectivity index (χ2v) is 15.5. The first kappa shape index (κ1) is 37.2. The van der Waals surface area contributed by atoms with Crippen molar-refractivity contribution in [1.29, 1.82) is 0 Å². The van der Waals surface area contributed by atoms with Gasteiger partial charge < -0.3 is 18.9 Å². The summed E-state index contributed by atoms with van der Waals surface area (Å²) < 4.78 is 22.5. The second kappa shape index (κ2) is 14.4. The zero-order valence-electron chi connectivity index (χ0n) is 34.6. The Hall–Kier alpha value is -7.84. The molecular weight excluding hydrogens is 769 g/mol. The van der Waals surface area contributed by atoms with Crippen LogP contribution in [0.3, 0.4) is 0 Å². The summed E-state index contributed by atoms with van der Waals surface area (Å²) in [5.74, 6) is 2.98. The van der Waals surface area contributed by atoms with Crippen molar-refractivity contribution < 1.29 is 18.9 Å². The predicted molar refractivity (Wildman–Crippen MR) is 248 cm³/mol. The molecule has 0 atom stereocenters. The van der Waals surface area contributed by atoms with Gasteiger partial charge in [0.2, 0.25) is 11.3 Å². The Balaban J connectivity index is 1.32. The molecule has 8 aromatic rings. The summed E-state index contributed by atoms with van der Waals surface area (Å²) in [6.45, 7) is 0. The van der Waals surface area contributed by atoms with Crippen molar-refractivity contribution in [1.82, 2.24) is 0 Å². The summed E-state index contributed by atoms with van der Waals surface area (Å²) >= 11 is 0. The molecule has 0 N–H and O–H groups in total. The molecule has 0 fully saturated rings. The van der Waals surface area contributed by atoms with Crippen LogP contribution in [0.2, 0.25) is 0 Å². The van der Waals surface area contributed by atoms with Crippen LogP contribution in [0.4, 0.5) is 0 Å². The van der Waals surface area contributed by atoms with Crippen LogP contribution in [0.5, 0.6) is 23.0 Å². The standard InChI is InChI=1S/C54H40N4O4/c1-59-39-23-13-35(14-24-39)49-50(36-15-25-40(60-2)26-16-36)56-53(55-49)45-31-21-33-9-5-7-11-43(33)47(45)48-44-12-8-6-10-34(44)22-32-46(48)54(53)57-51(37-17-27-41(61-3)28-18-37)52(58-54)38-19-29-42(62-4)30-20-38/h5-32H,1-4H3. The highest BCUT2D eigenvalue weighted by molar-refractivity contribution is 6.56. The molecule has 0 saturated carbocycles. The van der Waals surface area contributed by atoms with E-state index in [0.717, 1.165) is 112 Å². The van der Waals surface area contributed by atoms with Gasteiger partial charge in [0, 0.05) is 33.4 Å². The molecule has 0 unspecified atom stereocenters. The first-order valence-corrected chi connectivity index (χ1v) is 20.5. The molecule has 11 rings (SSSR count). The monoisotopic (exact) mass is 808 g/mol. The molecule has 2 heterocycles. The molecule has 0 radical (unpaired) electrons. The number of fused-ring (bicyclic) bond motifs is 10. The highest BCUT2D eigenvalue weighted by Gasteiger charge is 2.64. The third kappa shape index (κ3) is 5.53. The van der Waals surface area contributed by atoms with Crippen LogP contribution in [0.1, 0.15) is 33.4 Å². The Bertz CT molecular complexity index is 2860. The number of hydrogen-bond acceptors (Lipinski definition) is 8. The van der Waals surface area contributed by atoms with Gasteiger partial charge in [0.1, 0.15) is 23.0 Å². The lowest BCUT2D eigenvalue weighted by Gasteiger charge is -2.44. The fourth-order valence-electron chi connectivity index (χ4n) is 9.30. The van der Waals surface area contributed by atoms with Gasteiger partial charge in [0.25, 0.3) is 0 Å². The number of hydrogen-bond donors (Lipinski definition) is 0. The largest absolute Gasteiger partial charge is 0.497 e. The summed E-state index contributed by atoms with van der Waals surface area (Å²) in [6, 6.07) is 57.9. The molecule has 8 nitrogen and oxygen atoms in total. The quantitative estimate of drug-likeness (QED) is 0.153. The number of ether oxygens (including phenoxy) is 4. The first-order valence-electron chi connectivity index (χ1n) is 20.5. The zero-order chi connectivity index (χ0) is 42.0. The maximum Gasteiger partial charge on any atom is 0.227 e. The van der Waals surface area contributed by atoms with Crippen molar-refractivity contribution >= 4 is 44.4 Å². The van der Waals surface area contributed by atoms with Gasteiger partial charge in [-0.05, 0) is 130 Å². The van der Waals surface area contributed by atoms with E-state index in [9.17, 15) is 0 Å². The predicted octanol–water partition coefficient (Wildman–Crippen LogP) is 11.0. The van der Waals surface area contributed by atoms with Crippen molar-refractivity contribution in [3.8, 4) is 34.1 Å². The molecule has 8 aromatic carbocycles. The normalized spacial score (nSPS) is 15.4. The van der Waals surface area contributed by atoms with E-state index in [1.54, 1.807) is 28.4 Å². The van der Waals surface area contributed by atoms with E-state index in [0.29, 0.717) is 0 Å². The lowest BCUT2D eigenvalue weighted by molar-refractivity contribution is 0.254. The molecule has 0 aromatic heterocycles. The third-order valence-corrected chi connectivity index (χ3v) is 12.3. The van der Waals surface area contributed by atoms with E-state index >= 15 is 0 Å². The smallest absolute Gasteiger partial charge is 0.227 e. The van der Waals surface area contributed by atoms with Crippen molar-refractivity contribution in [2.75, 3.05) is 28.4 Å². The molecule has 2 spiro atoms. The minimum Gasteiger partial charge on any atom is -0.497 e. The number of benzene rings is 8. The Morgan fingerprint density at radius 1 is 0.306 bits per heavy atom. The topological polar surface area (TPSA) is 86.4 Å². The van der Waals surface area contributed by atoms with Crippen molar-refractivity contribution in [2.24, 2.45) is 20.0 Å². The fraction of sp³-hybridized carbons (Fsp3) is 0.111. The van der Waals surface area contributed by atoms with E-state index in [1.807, 2.05) is 97.1 Å². The van der Waals surface area contributed by atoms with Gasteiger partial charge >= 0.3 is 0 Å². The molecule has 1 aliphatic carbocycles. The molecule has 62 heavy (non-hydrogen) atoms. The summed E-state index contributed by atoms with van der Waals surface area (Å²) in [4.78, 5) is 23.9. The van der Waals surface area contributed by atoms with Crippen LogP contribution in [0, 0.1) is 0 Å². The maximum atomic E-state index is 5.97. The Labute approximate surface area is 359 Å². The average Bonchev–Trinajstić information content (AvgIpc) is 3.95. The van der Waals surface area contributed by atoms with Crippen LogP contribution < -0.4 is 18.9 Å². The maximum absolute atomic E-state index is 5.97. The van der Waals surface area contributed by atoms with Gasteiger partial charge in [-0.2, -0.15) is 0 Å². The lowest BCUT2D eigenvalue weighted by Crippen LogP contribution is -2.46. The van der Waals surface area contributed by atoms with Crippen molar-refractivity contribution in [3.05, 3.63) is 203 Å². The van der Waals surface area contributed by atoms with Crippen LogP contribution in [-0.4, -0.2) is 51.3 Å². The van der Waals surface area contributed by atoms with E-state index < -0.39 is 11.3 Å². The van der Waals surface area contributed by atoms with E-state index in [-0.39, 0.29) is 0 Å². The SMILES string of the molecule is COc1ccc(C2=NC3(N=C2c2ccc(OC)cc2)c2ccc4ccccc4c2-c2c(ccc4ccccc24)C32N=C(c3ccc(OC)cc3)C(c3ccc(OC)cc3)=N2)cc1. The van der Waals surface area contributed by atoms with Gasteiger partial charge in [-0.25, -0.2) is 20.0 Å². The lowest BCUT2D eigenvalue weighted by atomic mass is 9.69. The van der Waals surface area contributed by atoms with Gasteiger partial charge in [0.05, 0.1) is 51.3 Å². The fourth-order valence-corrected chi connectivity index (χ4v) is 9.30. The minimum absolute atomic E-state index is 0.717. The zero-order valence-corrected chi connectivity index (χ0v) is 34.6. The van der Waals surface area contributed by atoms with Crippen molar-refractivity contribution in [2.45, 2.75) is 11.3 Å². The number of methoxy groups -OCH3 is 4. The summed E-state index contributed by atoms with van der Waals surface area (Å²) in [5, 5.41) is 4.43. The third-order valence-electron chi connectivity index (χ3n) is 12.3. The van der Waals surface area contributed by atoms with E-state index in [1.165, 1.54) is 0 Å². The highest BCUT2D eigenvalue weighted by Crippen LogP contribution is 2.63. The second-order valence-electron chi connectivity index (χ2n) is 15.5. The molecule has 3 aliphatic rings. The van der Waals surface area contributed by atoms with Crippen LogP contribution in [0.25, 0.3) is 32.7 Å². The van der Waals surface area contributed by atoms with Crippen molar-refractivity contribution in [3.63, 3.8) is 0 Å². The Morgan fingerprint density at radius 2 is 0.581 bits per heavy atom. The molecular formula is C54H40N4O4. The van der Waals surface area contributed by atoms with Gasteiger partial charge in [-0.3, -0.25) is 0 Å². The molecule has 8 heteroatoms. The van der Waals surface area contributed by atoms with Crippen LogP contribution >= 0.6 is 0 Å². The minimum atomic E-state index is -1.43. The highest BCUT2D eigenvalue weighted by atomic mass is 16.5. The van der Waals surface area contributed by atoms with Gasteiger partial charge in [-0.1, -0.05) is 72.8 Å². The average molecular weight is 809 g/mol. The summed E-state index contributed by atoms with van der Waals surface area (Å²) in [6.07, 6.45) is 0. The number of nitrogens with zero attached hydrogens (tertiary/aromatic N) is 4. The van der Waals surface area contributed by atoms with Gasteiger partial charge in [-0.15, -0.1) is 0 Å². The number of rotatable bonds is 8. The first-order chi connectivity index (χ1) is 30.5. The summed E-state index contributed by atoms with van der Waals surface area (Å²) in [7, 11) is 6.69. The van der Waals surface area contributed by atoms with Gasteiger partial charge in [0.15, 0.2) is 0 Å². The molecule has 0 amide bonds. The van der Waals surface area contributed by atoms with Crippen LogP contribution in [-0.2, 0) is 11.3 Å². The Morgan fingerprint density at radius 3 is 0.855 bits per heavy atom. The molecule has 0 saturated heterocycles. The Kier molecular flexibility index (Phi) is 8.65. The molecule has 2 aliphatic heterocycles. The van der Waals surface area contributed by atoms with E-state index in [4.69, 9.17) is 38.9 Å². The molecule has 0 bridgehead atoms. The van der Waals surface area contributed by atoms with E-state index in [2.05, 4.69) is 72.8 Å². The number of aliphatic imine (C=N–C) groups is 4.